The fourth-order valence-electron chi connectivity index (χ4n) is 2.85. The van der Waals surface area contributed by atoms with Crippen LogP contribution < -0.4 is 0 Å². The van der Waals surface area contributed by atoms with Crippen LogP contribution in [0.15, 0.2) is 0 Å². The van der Waals surface area contributed by atoms with Gasteiger partial charge in [0.2, 0.25) is 0 Å². The van der Waals surface area contributed by atoms with Crippen molar-refractivity contribution in [1.29, 1.82) is 0 Å². The number of ether oxygens (including phenoxy) is 1. The molecule has 2 rings (SSSR count). The largest absolute Gasteiger partial charge is 0.481 e. The number of carboxylic acids is 1. The molecular formula is C12H19NO4. The molecule has 0 aliphatic carbocycles. The van der Waals surface area contributed by atoms with Gasteiger partial charge in [0, 0.05) is 12.1 Å². The summed E-state index contributed by atoms with van der Waals surface area (Å²) in [6, 6.07) is -0.122. The quantitative estimate of drug-likeness (QED) is 0.761. The van der Waals surface area contributed by atoms with E-state index in [-0.39, 0.29) is 18.2 Å². The van der Waals surface area contributed by atoms with Gasteiger partial charge in [0.1, 0.15) is 5.60 Å². The molecule has 3 atom stereocenters. The van der Waals surface area contributed by atoms with Crippen LogP contribution in [0.3, 0.4) is 0 Å². The van der Waals surface area contributed by atoms with Crippen molar-refractivity contribution in [3.63, 3.8) is 0 Å². The zero-order chi connectivity index (χ0) is 12.8. The number of hydrogen-bond donors (Lipinski definition) is 1. The number of carbonyl (C=O) groups excluding carboxylic acids is 1. The van der Waals surface area contributed by atoms with Gasteiger partial charge in [-0.05, 0) is 40.0 Å². The van der Waals surface area contributed by atoms with Gasteiger partial charge in [-0.1, -0.05) is 0 Å². The first kappa shape index (κ1) is 12.2. The Hall–Kier alpha value is -1.26. The lowest BCUT2D eigenvalue weighted by Gasteiger charge is -2.27. The second-order valence-electron chi connectivity index (χ2n) is 5.87. The van der Waals surface area contributed by atoms with Crippen LogP contribution in [-0.4, -0.2) is 39.8 Å². The Kier molecular flexibility index (Phi) is 2.79. The molecular weight excluding hydrogens is 222 g/mol. The number of amides is 1. The summed E-state index contributed by atoms with van der Waals surface area (Å²) in [5.74, 6) is -1.22. The molecule has 2 aliphatic heterocycles. The van der Waals surface area contributed by atoms with Crippen molar-refractivity contribution >= 4 is 12.1 Å². The SMILES string of the molecule is CC(C)(C)OC(=O)N1C2CC[C@@H]1[C@@H](C(=O)O)C2. The molecule has 0 spiro atoms. The van der Waals surface area contributed by atoms with Crippen molar-refractivity contribution in [2.24, 2.45) is 5.92 Å². The fourth-order valence-corrected chi connectivity index (χ4v) is 2.85. The van der Waals surface area contributed by atoms with Crippen LogP contribution in [-0.2, 0) is 9.53 Å². The van der Waals surface area contributed by atoms with Crippen LogP contribution in [0, 0.1) is 5.92 Å². The van der Waals surface area contributed by atoms with E-state index in [2.05, 4.69) is 0 Å². The predicted molar refractivity (Wildman–Crippen MR) is 60.6 cm³/mol. The molecule has 2 heterocycles. The Morgan fingerprint density at radius 1 is 1.29 bits per heavy atom. The second kappa shape index (κ2) is 3.89. The lowest BCUT2D eigenvalue weighted by molar-refractivity contribution is -0.142. The van der Waals surface area contributed by atoms with Crippen molar-refractivity contribution in [3.8, 4) is 0 Å². The molecule has 2 saturated heterocycles. The molecule has 0 aromatic carbocycles. The van der Waals surface area contributed by atoms with Gasteiger partial charge in [0.15, 0.2) is 0 Å². The number of aliphatic carboxylic acids is 1. The lowest BCUT2D eigenvalue weighted by atomic mass is 9.89. The number of nitrogens with zero attached hydrogens (tertiary/aromatic N) is 1. The first-order valence-corrected chi connectivity index (χ1v) is 6.04. The van der Waals surface area contributed by atoms with Crippen LogP contribution in [0.5, 0.6) is 0 Å². The highest BCUT2D eigenvalue weighted by Gasteiger charge is 2.52. The molecule has 1 N–H and O–H groups in total. The summed E-state index contributed by atoms with van der Waals surface area (Å²) < 4.78 is 5.32. The molecule has 0 saturated carbocycles. The van der Waals surface area contributed by atoms with Crippen molar-refractivity contribution in [3.05, 3.63) is 0 Å². The molecule has 1 unspecified atom stereocenters. The summed E-state index contributed by atoms with van der Waals surface area (Å²) in [6.45, 7) is 5.45. The van der Waals surface area contributed by atoms with Crippen LogP contribution >= 0.6 is 0 Å². The van der Waals surface area contributed by atoms with Crippen LogP contribution in [0.1, 0.15) is 40.0 Å². The van der Waals surface area contributed by atoms with Gasteiger partial charge in [0.05, 0.1) is 5.92 Å². The van der Waals surface area contributed by atoms with E-state index in [1.807, 2.05) is 20.8 Å². The van der Waals surface area contributed by atoms with Crippen LogP contribution in [0.2, 0.25) is 0 Å². The Morgan fingerprint density at radius 2 is 1.94 bits per heavy atom. The predicted octanol–water partition coefficient (Wildman–Crippen LogP) is 1.86. The van der Waals surface area contributed by atoms with Gasteiger partial charge in [-0.15, -0.1) is 0 Å². The van der Waals surface area contributed by atoms with E-state index in [4.69, 9.17) is 9.84 Å². The Bertz CT molecular complexity index is 347. The average Bonchev–Trinajstić information content (AvgIpc) is 2.70. The zero-order valence-electron chi connectivity index (χ0n) is 10.5. The van der Waals surface area contributed by atoms with Crippen molar-refractivity contribution < 1.29 is 19.4 Å². The number of rotatable bonds is 1. The molecule has 5 heteroatoms. The number of carboxylic acid groups (broad SMARTS) is 1. The van der Waals surface area contributed by atoms with Gasteiger partial charge in [-0.3, -0.25) is 4.79 Å². The van der Waals surface area contributed by atoms with Crippen LogP contribution in [0.25, 0.3) is 0 Å². The topological polar surface area (TPSA) is 66.8 Å². The molecule has 2 bridgehead atoms. The normalized spacial score (nSPS) is 31.7. The average molecular weight is 241 g/mol. The summed E-state index contributed by atoms with van der Waals surface area (Å²) in [7, 11) is 0. The second-order valence-corrected chi connectivity index (χ2v) is 5.87. The highest BCUT2D eigenvalue weighted by atomic mass is 16.6. The van der Waals surface area contributed by atoms with Gasteiger partial charge in [-0.2, -0.15) is 0 Å². The first-order valence-electron chi connectivity index (χ1n) is 6.04. The van der Waals surface area contributed by atoms with E-state index in [1.165, 1.54) is 0 Å². The maximum atomic E-state index is 12.0. The third-order valence-electron chi connectivity index (χ3n) is 3.46. The standard InChI is InChI=1S/C12H19NO4/c1-12(2,3)17-11(16)13-7-4-5-9(13)8(6-7)10(14)15/h7-9H,4-6H2,1-3H3,(H,14,15)/t7?,8-,9+/m0/s1. The van der Waals surface area contributed by atoms with Gasteiger partial charge < -0.3 is 14.7 Å². The molecule has 1 amide bonds. The van der Waals surface area contributed by atoms with Crippen LogP contribution in [0.4, 0.5) is 4.79 Å². The summed E-state index contributed by atoms with van der Waals surface area (Å²) in [5.41, 5.74) is -0.530. The molecule has 0 radical (unpaired) electrons. The highest BCUT2D eigenvalue weighted by molar-refractivity contribution is 5.76. The molecule has 17 heavy (non-hydrogen) atoms. The molecule has 0 aromatic rings. The number of fused-ring (bicyclic) bond motifs is 2. The van der Waals surface area contributed by atoms with Crippen molar-refractivity contribution in [2.45, 2.75) is 57.7 Å². The molecule has 96 valence electrons. The van der Waals surface area contributed by atoms with E-state index >= 15 is 0 Å². The minimum atomic E-state index is -0.800. The first-order chi connectivity index (χ1) is 7.79. The summed E-state index contributed by atoms with van der Waals surface area (Å²) >= 11 is 0. The molecule has 2 aliphatic rings. The maximum Gasteiger partial charge on any atom is 0.410 e. The van der Waals surface area contributed by atoms with Crippen molar-refractivity contribution in [1.82, 2.24) is 4.90 Å². The minimum Gasteiger partial charge on any atom is -0.481 e. The lowest BCUT2D eigenvalue weighted by Crippen LogP contribution is -2.41. The Balaban J connectivity index is 2.08. The van der Waals surface area contributed by atoms with Gasteiger partial charge >= 0.3 is 12.1 Å². The third-order valence-corrected chi connectivity index (χ3v) is 3.46. The van der Waals surface area contributed by atoms with E-state index in [9.17, 15) is 9.59 Å². The zero-order valence-corrected chi connectivity index (χ0v) is 10.5. The molecule has 2 fully saturated rings. The highest BCUT2D eigenvalue weighted by Crippen LogP contribution is 2.42. The Labute approximate surface area is 101 Å². The van der Waals surface area contributed by atoms with Gasteiger partial charge in [-0.25, -0.2) is 4.79 Å². The van der Waals surface area contributed by atoms with E-state index in [0.29, 0.717) is 6.42 Å². The smallest absolute Gasteiger partial charge is 0.410 e. The van der Waals surface area contributed by atoms with E-state index in [0.717, 1.165) is 12.8 Å². The number of hydrogen-bond acceptors (Lipinski definition) is 3. The monoisotopic (exact) mass is 241 g/mol. The third kappa shape index (κ3) is 2.23. The van der Waals surface area contributed by atoms with E-state index < -0.39 is 17.5 Å². The maximum absolute atomic E-state index is 12.0. The van der Waals surface area contributed by atoms with Crippen molar-refractivity contribution in [2.75, 3.05) is 0 Å². The minimum absolute atomic E-state index is 0.0518. The van der Waals surface area contributed by atoms with E-state index in [1.54, 1.807) is 4.90 Å². The van der Waals surface area contributed by atoms with Gasteiger partial charge in [0.25, 0.3) is 0 Å². The number of carbonyl (C=O) groups is 2. The fraction of sp³-hybridized carbons (Fsp3) is 0.833. The molecule has 5 nitrogen and oxygen atoms in total. The molecule has 0 aromatic heterocycles. The summed E-state index contributed by atoms with van der Waals surface area (Å²) in [6.07, 6.45) is 1.88. The summed E-state index contributed by atoms with van der Waals surface area (Å²) in [5, 5.41) is 9.09. The Morgan fingerprint density at radius 3 is 2.41 bits per heavy atom. The summed E-state index contributed by atoms with van der Waals surface area (Å²) in [4.78, 5) is 24.7.